The number of aromatic amines is 1. The second-order valence-electron chi connectivity index (χ2n) is 4.66. The molecule has 4 heteroatoms. The van der Waals surface area contributed by atoms with E-state index >= 15 is 0 Å². The van der Waals surface area contributed by atoms with Crippen LogP contribution in [0, 0.1) is 0 Å². The summed E-state index contributed by atoms with van der Waals surface area (Å²) >= 11 is 0. The lowest BCUT2D eigenvalue weighted by molar-refractivity contribution is -0.116. The Hall–Kier alpha value is -2.36. The molecule has 2 aromatic rings. The molecule has 0 fully saturated rings. The van der Waals surface area contributed by atoms with E-state index in [4.69, 9.17) is 0 Å². The lowest BCUT2D eigenvalue weighted by atomic mass is 10.1. The highest BCUT2D eigenvalue weighted by Crippen LogP contribution is 2.08. The molecule has 0 aliphatic rings. The third kappa shape index (κ3) is 4.09. The van der Waals surface area contributed by atoms with Crippen LogP contribution < -0.4 is 10.9 Å². The van der Waals surface area contributed by atoms with Crippen molar-refractivity contribution in [3.05, 3.63) is 64.1 Å². The van der Waals surface area contributed by atoms with E-state index in [1.165, 1.54) is 17.8 Å². The van der Waals surface area contributed by atoms with Gasteiger partial charge in [-0.1, -0.05) is 31.2 Å². The first kappa shape index (κ1) is 14.1. The summed E-state index contributed by atoms with van der Waals surface area (Å²) in [5, 5.41) is 2.75. The highest BCUT2D eigenvalue weighted by molar-refractivity contribution is 5.90. The van der Waals surface area contributed by atoms with Crippen LogP contribution in [0.3, 0.4) is 0 Å². The molecule has 0 saturated carbocycles. The van der Waals surface area contributed by atoms with Crippen LogP contribution in [0.25, 0.3) is 0 Å². The lowest BCUT2D eigenvalue weighted by Gasteiger charge is -2.05. The number of hydrogen-bond acceptors (Lipinski definition) is 2. The fourth-order valence-corrected chi connectivity index (χ4v) is 1.91. The van der Waals surface area contributed by atoms with Crippen molar-refractivity contribution in [1.82, 2.24) is 4.98 Å². The molecular weight excluding hydrogens is 252 g/mol. The van der Waals surface area contributed by atoms with E-state index in [0.717, 1.165) is 12.0 Å². The number of hydrogen-bond donors (Lipinski definition) is 2. The first-order chi connectivity index (χ1) is 9.67. The van der Waals surface area contributed by atoms with Gasteiger partial charge in [0.1, 0.15) is 0 Å². The van der Waals surface area contributed by atoms with Crippen LogP contribution in [-0.4, -0.2) is 10.9 Å². The van der Waals surface area contributed by atoms with E-state index in [9.17, 15) is 9.59 Å². The van der Waals surface area contributed by atoms with E-state index in [2.05, 4.69) is 41.5 Å². The van der Waals surface area contributed by atoms with Gasteiger partial charge in [0, 0.05) is 18.7 Å². The van der Waals surface area contributed by atoms with Gasteiger partial charge in [-0.25, -0.2) is 0 Å². The summed E-state index contributed by atoms with van der Waals surface area (Å²) in [6.45, 7) is 2.12. The molecule has 4 nitrogen and oxygen atoms in total. The van der Waals surface area contributed by atoms with E-state index in [-0.39, 0.29) is 11.5 Å². The highest BCUT2D eigenvalue weighted by atomic mass is 16.1. The van der Waals surface area contributed by atoms with Gasteiger partial charge in [-0.2, -0.15) is 0 Å². The minimum Gasteiger partial charge on any atom is -0.327 e. The van der Waals surface area contributed by atoms with Crippen molar-refractivity contribution in [3.8, 4) is 0 Å². The Kier molecular flexibility index (Phi) is 4.71. The SMILES string of the molecule is CCc1ccc(CCC(=O)Nc2ccc(=O)[nH]c2)cc1. The average molecular weight is 270 g/mol. The molecular formula is C16H18N2O2. The molecule has 0 aliphatic heterocycles. The van der Waals surface area contributed by atoms with Gasteiger partial charge >= 0.3 is 0 Å². The molecule has 0 atom stereocenters. The average Bonchev–Trinajstić information content (AvgIpc) is 2.48. The number of benzene rings is 1. The molecule has 1 aromatic carbocycles. The summed E-state index contributed by atoms with van der Waals surface area (Å²) in [6.07, 6.45) is 3.65. The molecule has 0 unspecified atom stereocenters. The molecule has 0 saturated heterocycles. The number of pyridine rings is 1. The second kappa shape index (κ2) is 6.70. The summed E-state index contributed by atoms with van der Waals surface area (Å²) in [4.78, 5) is 25.2. The van der Waals surface area contributed by atoms with Gasteiger partial charge in [0.15, 0.2) is 0 Å². The van der Waals surface area contributed by atoms with E-state index in [1.54, 1.807) is 6.07 Å². The molecule has 0 radical (unpaired) electrons. The van der Waals surface area contributed by atoms with Gasteiger partial charge in [0.25, 0.3) is 0 Å². The molecule has 0 bridgehead atoms. The second-order valence-corrected chi connectivity index (χ2v) is 4.66. The Morgan fingerprint density at radius 1 is 1.10 bits per heavy atom. The van der Waals surface area contributed by atoms with Crippen LogP contribution in [0.2, 0.25) is 0 Å². The normalized spacial score (nSPS) is 10.2. The van der Waals surface area contributed by atoms with Crippen LogP contribution >= 0.6 is 0 Å². The number of aryl methyl sites for hydroxylation is 2. The summed E-state index contributed by atoms with van der Waals surface area (Å²) < 4.78 is 0. The van der Waals surface area contributed by atoms with Crippen LogP contribution in [0.4, 0.5) is 5.69 Å². The Bertz CT molecular complexity index is 609. The highest BCUT2D eigenvalue weighted by Gasteiger charge is 2.03. The summed E-state index contributed by atoms with van der Waals surface area (Å²) in [6, 6.07) is 11.3. The lowest BCUT2D eigenvalue weighted by Crippen LogP contribution is -2.13. The molecule has 2 rings (SSSR count). The summed E-state index contributed by atoms with van der Waals surface area (Å²) in [5.41, 5.74) is 2.88. The maximum Gasteiger partial charge on any atom is 0.248 e. The number of H-pyrrole nitrogens is 1. The first-order valence-electron chi connectivity index (χ1n) is 6.74. The quantitative estimate of drug-likeness (QED) is 0.877. The number of rotatable bonds is 5. The van der Waals surface area contributed by atoms with Crippen molar-refractivity contribution >= 4 is 11.6 Å². The van der Waals surface area contributed by atoms with Crippen LogP contribution in [0.5, 0.6) is 0 Å². The van der Waals surface area contributed by atoms with Crippen molar-refractivity contribution < 1.29 is 4.79 Å². The molecule has 0 spiro atoms. The Labute approximate surface area is 117 Å². The number of carbonyl (C=O) groups excluding carboxylic acids is 1. The Balaban J connectivity index is 1.85. The predicted octanol–water partition coefficient (Wildman–Crippen LogP) is 2.51. The molecule has 0 aliphatic carbocycles. The first-order valence-corrected chi connectivity index (χ1v) is 6.74. The fourth-order valence-electron chi connectivity index (χ4n) is 1.91. The Morgan fingerprint density at radius 3 is 2.40 bits per heavy atom. The molecule has 1 amide bonds. The molecule has 104 valence electrons. The van der Waals surface area contributed by atoms with Gasteiger partial charge < -0.3 is 10.3 Å². The number of carbonyl (C=O) groups is 1. The number of aromatic nitrogens is 1. The van der Waals surface area contributed by atoms with Crippen molar-refractivity contribution in [3.63, 3.8) is 0 Å². The summed E-state index contributed by atoms with van der Waals surface area (Å²) in [7, 11) is 0. The third-order valence-corrected chi connectivity index (χ3v) is 3.14. The van der Waals surface area contributed by atoms with Gasteiger partial charge in [0.2, 0.25) is 11.5 Å². The van der Waals surface area contributed by atoms with Crippen LogP contribution in [0.15, 0.2) is 47.4 Å². The van der Waals surface area contributed by atoms with Gasteiger partial charge in [0.05, 0.1) is 5.69 Å². The largest absolute Gasteiger partial charge is 0.327 e. The van der Waals surface area contributed by atoms with Crippen molar-refractivity contribution in [2.45, 2.75) is 26.2 Å². The number of amides is 1. The monoisotopic (exact) mass is 270 g/mol. The van der Waals surface area contributed by atoms with Gasteiger partial charge in [-0.15, -0.1) is 0 Å². The molecule has 1 aromatic heterocycles. The number of nitrogens with one attached hydrogen (secondary N) is 2. The molecule has 20 heavy (non-hydrogen) atoms. The van der Waals surface area contributed by atoms with Crippen molar-refractivity contribution in [2.75, 3.05) is 5.32 Å². The molecule has 1 heterocycles. The topological polar surface area (TPSA) is 62.0 Å². The van der Waals surface area contributed by atoms with Crippen LogP contribution in [-0.2, 0) is 17.6 Å². The minimum atomic E-state index is -0.181. The number of anilines is 1. The van der Waals surface area contributed by atoms with E-state index in [1.807, 2.05) is 0 Å². The Morgan fingerprint density at radius 2 is 1.80 bits per heavy atom. The zero-order chi connectivity index (χ0) is 14.4. The fraction of sp³-hybridized carbons (Fsp3) is 0.250. The van der Waals surface area contributed by atoms with Gasteiger partial charge in [-0.3, -0.25) is 9.59 Å². The summed E-state index contributed by atoms with van der Waals surface area (Å²) in [5.74, 6) is -0.0587. The predicted molar refractivity (Wildman–Crippen MR) is 79.8 cm³/mol. The zero-order valence-corrected chi connectivity index (χ0v) is 11.5. The zero-order valence-electron chi connectivity index (χ0n) is 11.5. The van der Waals surface area contributed by atoms with Gasteiger partial charge in [-0.05, 0) is 30.0 Å². The molecule has 2 N–H and O–H groups in total. The van der Waals surface area contributed by atoms with Crippen molar-refractivity contribution in [2.24, 2.45) is 0 Å². The maximum absolute atomic E-state index is 11.8. The third-order valence-electron chi connectivity index (χ3n) is 3.14. The van der Waals surface area contributed by atoms with Crippen LogP contribution in [0.1, 0.15) is 24.5 Å². The van der Waals surface area contributed by atoms with Crippen molar-refractivity contribution in [1.29, 1.82) is 0 Å². The van der Waals surface area contributed by atoms with E-state index < -0.39 is 0 Å². The standard InChI is InChI=1S/C16H18N2O2/c1-2-12-3-5-13(6-4-12)7-9-16(20)18-14-8-10-15(19)17-11-14/h3-6,8,10-11H,2,7,9H2,1H3,(H,17,19)(H,18,20). The smallest absolute Gasteiger partial charge is 0.248 e. The van der Waals surface area contributed by atoms with E-state index in [0.29, 0.717) is 18.5 Å². The maximum atomic E-state index is 11.8. The minimum absolute atomic E-state index is 0.0587.